The third-order valence-electron chi connectivity index (χ3n) is 6.86. The van der Waals surface area contributed by atoms with Gasteiger partial charge in [0.15, 0.2) is 17.5 Å². The van der Waals surface area contributed by atoms with Gasteiger partial charge in [-0.3, -0.25) is 4.79 Å². The van der Waals surface area contributed by atoms with Gasteiger partial charge in [-0.15, -0.1) is 5.10 Å². The smallest absolute Gasteiger partial charge is 0.302 e. The van der Waals surface area contributed by atoms with Crippen molar-refractivity contribution in [2.45, 2.75) is 56.3 Å². The molecule has 5 rings (SSSR count). The van der Waals surface area contributed by atoms with E-state index in [1.54, 1.807) is 18.3 Å². The lowest BCUT2D eigenvalue weighted by Crippen LogP contribution is -2.56. The number of carbonyl (C=O) groups is 1. The van der Waals surface area contributed by atoms with Crippen LogP contribution in [0.1, 0.15) is 31.4 Å². The first kappa shape index (κ1) is 28.4. The van der Waals surface area contributed by atoms with Gasteiger partial charge in [0.05, 0.1) is 25.1 Å². The molecule has 1 unspecified atom stereocenters. The van der Waals surface area contributed by atoms with E-state index in [-0.39, 0.29) is 24.3 Å². The third-order valence-corrected chi connectivity index (χ3v) is 6.86. The average molecular weight is 578 g/mol. The molecule has 41 heavy (non-hydrogen) atoms. The van der Waals surface area contributed by atoms with Crippen LogP contribution >= 0.6 is 0 Å². The van der Waals surface area contributed by atoms with Crippen LogP contribution in [0, 0.1) is 17.5 Å². The summed E-state index contributed by atoms with van der Waals surface area (Å²) in [6.07, 6.45) is -1.97. The van der Waals surface area contributed by atoms with E-state index in [0.717, 1.165) is 22.4 Å². The Balaban J connectivity index is 1.35. The molecule has 2 N–H and O–H groups in total. The van der Waals surface area contributed by atoms with Crippen LogP contribution < -0.4 is 4.74 Å². The summed E-state index contributed by atoms with van der Waals surface area (Å²) in [7, 11) is 1.51. The topological polar surface area (TPSA) is 150 Å². The van der Waals surface area contributed by atoms with Crippen molar-refractivity contribution in [3.63, 3.8) is 0 Å². The van der Waals surface area contributed by atoms with Crippen molar-refractivity contribution in [1.82, 2.24) is 20.0 Å². The number of hydrogen-bond donors (Lipinski definition) is 2. The van der Waals surface area contributed by atoms with Crippen LogP contribution in [0.5, 0.6) is 5.88 Å². The molecular formula is C26H26F3N5O7. The minimum atomic E-state index is -1.63. The van der Waals surface area contributed by atoms with Crippen molar-refractivity contribution in [2.75, 3.05) is 13.7 Å². The van der Waals surface area contributed by atoms with Gasteiger partial charge in [-0.1, -0.05) is 10.4 Å². The molecule has 1 saturated heterocycles. The van der Waals surface area contributed by atoms with Gasteiger partial charge in [0, 0.05) is 43.2 Å². The highest BCUT2D eigenvalue weighted by atomic mass is 19.2. The Kier molecular flexibility index (Phi) is 8.19. The molecule has 1 aromatic carbocycles. The third kappa shape index (κ3) is 6.01. The van der Waals surface area contributed by atoms with Crippen LogP contribution in [0.3, 0.4) is 0 Å². The molecule has 0 spiro atoms. The molecule has 0 aliphatic carbocycles. The van der Waals surface area contributed by atoms with Crippen LogP contribution in [0.2, 0.25) is 0 Å². The number of carbonyl (C=O) groups excluding carboxylic acids is 1. The number of aliphatic hydroxyl groups excluding tert-OH is 2. The van der Waals surface area contributed by atoms with Crippen molar-refractivity contribution < 1.29 is 47.2 Å². The number of esters is 1. The summed E-state index contributed by atoms with van der Waals surface area (Å²) in [4.78, 5) is 21.2. The second-order valence-electron chi connectivity index (χ2n) is 9.62. The molecule has 2 aliphatic rings. The highest BCUT2D eigenvalue weighted by molar-refractivity contribution is 6.01. The lowest BCUT2D eigenvalue weighted by Gasteiger charge is -2.42. The van der Waals surface area contributed by atoms with Gasteiger partial charge >= 0.3 is 5.97 Å². The second kappa shape index (κ2) is 11.8. The fourth-order valence-corrected chi connectivity index (χ4v) is 4.79. The Morgan fingerprint density at radius 1 is 1.12 bits per heavy atom. The molecule has 218 valence electrons. The maximum absolute atomic E-state index is 13.8. The number of methoxy groups -OCH3 is 1. The van der Waals surface area contributed by atoms with Crippen LogP contribution in [0.25, 0.3) is 11.3 Å². The van der Waals surface area contributed by atoms with Gasteiger partial charge in [-0.2, -0.15) is 0 Å². The standard InChI is InChI=1S/C26H26F3N5O7/c1-12(35)39-11-21-26(37)24(34-10-19(31-33-34)14-5-16(27)23(29)17(28)6-14)25(36)20(40-21)8-15-7-18(32-41-15)13-3-4-22(38-2)30-9-13/h3-6,9-10,15,20-21,24-26,36-37H,7-8,11H2,1-2H3/t15?,20-,21-,24-,25+,26+/m1/s1. The van der Waals surface area contributed by atoms with Gasteiger partial charge in [0.25, 0.3) is 0 Å². The van der Waals surface area contributed by atoms with Gasteiger partial charge in [0.1, 0.15) is 42.8 Å². The molecule has 0 amide bonds. The number of halogens is 3. The summed E-state index contributed by atoms with van der Waals surface area (Å²) in [5.41, 5.74) is 1.22. The molecular weight excluding hydrogens is 551 g/mol. The predicted molar refractivity (Wildman–Crippen MR) is 133 cm³/mol. The fourth-order valence-electron chi connectivity index (χ4n) is 4.79. The number of pyridine rings is 1. The second-order valence-corrected chi connectivity index (χ2v) is 9.62. The highest BCUT2D eigenvalue weighted by Crippen LogP contribution is 2.35. The van der Waals surface area contributed by atoms with E-state index < -0.39 is 60.0 Å². The number of aromatic nitrogens is 4. The molecule has 4 heterocycles. The molecule has 1 fully saturated rings. The van der Waals surface area contributed by atoms with Gasteiger partial charge in [0.2, 0.25) is 5.88 Å². The molecule has 3 aromatic rings. The molecule has 0 bridgehead atoms. The van der Waals surface area contributed by atoms with E-state index in [1.807, 2.05) is 0 Å². The number of benzene rings is 1. The zero-order valence-corrected chi connectivity index (χ0v) is 21.9. The van der Waals surface area contributed by atoms with E-state index in [0.29, 0.717) is 18.0 Å². The summed E-state index contributed by atoms with van der Waals surface area (Å²) in [6.45, 7) is 0.875. The summed E-state index contributed by atoms with van der Waals surface area (Å²) in [6, 6.07) is 3.81. The Bertz CT molecular complexity index is 1410. The first-order valence-corrected chi connectivity index (χ1v) is 12.6. The van der Waals surface area contributed by atoms with Crippen molar-refractivity contribution in [1.29, 1.82) is 0 Å². The maximum atomic E-state index is 13.8. The van der Waals surface area contributed by atoms with Crippen molar-refractivity contribution in [3.8, 4) is 17.1 Å². The molecule has 2 aromatic heterocycles. The first-order valence-electron chi connectivity index (χ1n) is 12.6. The number of aliphatic hydroxyl groups is 2. The average Bonchev–Trinajstić information content (AvgIpc) is 3.63. The van der Waals surface area contributed by atoms with Crippen LogP contribution in [-0.2, 0) is 19.1 Å². The minimum absolute atomic E-state index is 0.0351. The highest BCUT2D eigenvalue weighted by Gasteiger charge is 2.47. The van der Waals surface area contributed by atoms with E-state index in [1.165, 1.54) is 20.2 Å². The Hall–Kier alpha value is -4.08. The molecule has 0 saturated carbocycles. The summed E-state index contributed by atoms with van der Waals surface area (Å²) >= 11 is 0. The zero-order valence-electron chi connectivity index (χ0n) is 21.9. The summed E-state index contributed by atoms with van der Waals surface area (Å²) in [5, 5.41) is 34.3. The number of rotatable bonds is 8. The molecule has 0 radical (unpaired) electrons. The maximum Gasteiger partial charge on any atom is 0.302 e. The normalized spacial score (nSPS) is 25.9. The van der Waals surface area contributed by atoms with Crippen LogP contribution in [0.4, 0.5) is 13.2 Å². The number of oxime groups is 1. The largest absolute Gasteiger partial charge is 0.481 e. The van der Waals surface area contributed by atoms with Crippen LogP contribution in [0.15, 0.2) is 41.8 Å². The lowest BCUT2D eigenvalue weighted by molar-refractivity contribution is -0.216. The van der Waals surface area contributed by atoms with E-state index in [2.05, 4.69) is 20.5 Å². The zero-order chi connectivity index (χ0) is 29.3. The molecule has 15 heteroatoms. The van der Waals surface area contributed by atoms with Crippen molar-refractivity contribution >= 4 is 11.7 Å². The Labute approximate surface area is 231 Å². The summed E-state index contributed by atoms with van der Waals surface area (Å²) in [5.74, 6) is -4.61. The van der Waals surface area contributed by atoms with Crippen molar-refractivity contribution in [2.24, 2.45) is 5.16 Å². The quantitative estimate of drug-likeness (QED) is 0.300. The van der Waals surface area contributed by atoms with Gasteiger partial charge in [-0.05, 0) is 18.2 Å². The number of nitrogens with zero attached hydrogens (tertiary/aromatic N) is 5. The predicted octanol–water partition coefficient (Wildman–Crippen LogP) is 1.94. The Morgan fingerprint density at radius 3 is 2.51 bits per heavy atom. The molecule has 2 aliphatic heterocycles. The van der Waals surface area contributed by atoms with E-state index in [4.69, 9.17) is 19.0 Å². The fraction of sp³-hybridized carbons (Fsp3) is 0.423. The number of hydrogen-bond acceptors (Lipinski definition) is 11. The minimum Gasteiger partial charge on any atom is -0.481 e. The summed E-state index contributed by atoms with van der Waals surface area (Å²) < 4.78 is 58.2. The van der Waals surface area contributed by atoms with E-state index in [9.17, 15) is 28.2 Å². The molecule has 6 atom stereocenters. The van der Waals surface area contributed by atoms with Crippen LogP contribution in [-0.4, -0.2) is 86.1 Å². The lowest BCUT2D eigenvalue weighted by atomic mass is 9.89. The number of ether oxygens (including phenoxy) is 3. The van der Waals surface area contributed by atoms with Crippen molar-refractivity contribution in [3.05, 3.63) is 59.7 Å². The van der Waals surface area contributed by atoms with Gasteiger partial charge < -0.3 is 29.3 Å². The van der Waals surface area contributed by atoms with E-state index >= 15 is 0 Å². The first-order chi connectivity index (χ1) is 19.6. The van der Waals surface area contributed by atoms with Gasteiger partial charge in [-0.25, -0.2) is 22.8 Å². The SMILES string of the molecule is COc1ccc(C2=NOC(C[C@H]3O[C@H](COC(C)=O)[C@H](O)[C@H](n4cc(-c5cc(F)c(F)c(F)c5)nn4)[C@H]3O)C2)cn1. The molecule has 12 nitrogen and oxygen atoms in total. The monoisotopic (exact) mass is 577 g/mol. The Morgan fingerprint density at radius 2 is 1.85 bits per heavy atom.